The number of benzene rings is 1. The molecule has 0 aliphatic rings. The SMILES string of the molecule is CCOC(=O)[C@@H](Cc1ccccc1)NC(=O)/C=C\c1csc(C)n1. The Morgan fingerprint density at radius 3 is 2.71 bits per heavy atom. The van der Waals surface area contributed by atoms with Crippen LogP contribution >= 0.6 is 11.3 Å². The van der Waals surface area contributed by atoms with Crippen LogP contribution in [0.3, 0.4) is 0 Å². The molecular weight excluding hydrogens is 324 g/mol. The van der Waals surface area contributed by atoms with Crippen LogP contribution in [0, 0.1) is 6.92 Å². The van der Waals surface area contributed by atoms with E-state index in [4.69, 9.17) is 4.74 Å². The Kier molecular flexibility index (Phi) is 6.69. The highest BCUT2D eigenvalue weighted by Gasteiger charge is 2.21. The average molecular weight is 344 g/mol. The van der Waals surface area contributed by atoms with Crippen LogP contribution in [0.15, 0.2) is 41.8 Å². The van der Waals surface area contributed by atoms with E-state index in [-0.39, 0.29) is 12.5 Å². The molecule has 0 radical (unpaired) electrons. The summed E-state index contributed by atoms with van der Waals surface area (Å²) in [5, 5.41) is 5.50. The van der Waals surface area contributed by atoms with Crippen LogP contribution in [0.25, 0.3) is 6.08 Å². The lowest BCUT2D eigenvalue weighted by Crippen LogP contribution is -2.42. The van der Waals surface area contributed by atoms with Gasteiger partial charge in [0.2, 0.25) is 5.91 Å². The largest absolute Gasteiger partial charge is 0.464 e. The van der Waals surface area contributed by atoms with Crippen molar-refractivity contribution in [1.82, 2.24) is 10.3 Å². The topological polar surface area (TPSA) is 68.3 Å². The van der Waals surface area contributed by atoms with Gasteiger partial charge in [0.1, 0.15) is 6.04 Å². The number of ether oxygens (including phenoxy) is 1. The minimum absolute atomic E-state index is 0.272. The van der Waals surface area contributed by atoms with Crippen LogP contribution in [0.1, 0.15) is 23.2 Å². The molecule has 2 rings (SSSR count). The van der Waals surface area contributed by atoms with E-state index in [1.807, 2.05) is 42.6 Å². The van der Waals surface area contributed by atoms with Crippen LogP contribution in [-0.4, -0.2) is 29.5 Å². The number of aryl methyl sites for hydroxylation is 1. The highest BCUT2D eigenvalue weighted by Crippen LogP contribution is 2.09. The second-order valence-electron chi connectivity index (χ2n) is 5.13. The monoisotopic (exact) mass is 344 g/mol. The van der Waals surface area contributed by atoms with E-state index in [1.165, 1.54) is 17.4 Å². The highest BCUT2D eigenvalue weighted by molar-refractivity contribution is 7.09. The maximum absolute atomic E-state index is 12.1. The molecule has 5 nitrogen and oxygen atoms in total. The van der Waals surface area contributed by atoms with Gasteiger partial charge < -0.3 is 10.1 Å². The standard InChI is InChI=1S/C18H20N2O3S/c1-3-23-18(22)16(11-14-7-5-4-6-8-14)20-17(21)10-9-15-12-24-13(2)19-15/h4-10,12,16H,3,11H2,1-2H3,(H,20,21)/b10-9-/t16-/m1/s1. The van der Waals surface area contributed by atoms with Crippen LogP contribution in [0.4, 0.5) is 0 Å². The second-order valence-corrected chi connectivity index (χ2v) is 6.19. The summed E-state index contributed by atoms with van der Waals surface area (Å²) in [6.07, 6.45) is 3.39. The molecule has 0 spiro atoms. The molecule has 24 heavy (non-hydrogen) atoms. The lowest BCUT2D eigenvalue weighted by molar-refractivity contribution is -0.146. The lowest BCUT2D eigenvalue weighted by atomic mass is 10.1. The van der Waals surface area contributed by atoms with Crippen molar-refractivity contribution < 1.29 is 14.3 Å². The molecule has 126 valence electrons. The van der Waals surface area contributed by atoms with Gasteiger partial charge in [-0.1, -0.05) is 30.3 Å². The average Bonchev–Trinajstić information content (AvgIpc) is 2.99. The molecule has 6 heteroatoms. The van der Waals surface area contributed by atoms with Gasteiger partial charge in [-0.3, -0.25) is 4.79 Å². The number of nitrogens with zero attached hydrogens (tertiary/aromatic N) is 1. The van der Waals surface area contributed by atoms with Crippen molar-refractivity contribution in [2.24, 2.45) is 0 Å². The lowest BCUT2D eigenvalue weighted by Gasteiger charge is -2.16. The summed E-state index contributed by atoms with van der Waals surface area (Å²) in [7, 11) is 0. The van der Waals surface area contributed by atoms with Crippen molar-refractivity contribution in [3.63, 3.8) is 0 Å². The quantitative estimate of drug-likeness (QED) is 0.619. The molecule has 0 unspecified atom stereocenters. The summed E-state index contributed by atoms with van der Waals surface area (Å²) < 4.78 is 5.05. The van der Waals surface area contributed by atoms with Crippen LogP contribution in [-0.2, 0) is 20.7 Å². The Balaban J connectivity index is 2.02. The Bertz CT molecular complexity index is 710. The molecule has 1 amide bonds. The smallest absolute Gasteiger partial charge is 0.328 e. The molecule has 1 aromatic carbocycles. The van der Waals surface area contributed by atoms with Gasteiger partial charge in [-0.05, 0) is 25.5 Å². The third kappa shape index (κ3) is 5.62. The molecule has 1 heterocycles. The van der Waals surface area contributed by atoms with E-state index in [2.05, 4.69) is 10.3 Å². The Morgan fingerprint density at radius 2 is 2.08 bits per heavy atom. The van der Waals surface area contributed by atoms with Crippen molar-refractivity contribution in [3.8, 4) is 0 Å². The predicted molar refractivity (Wildman–Crippen MR) is 94.6 cm³/mol. The third-order valence-corrected chi connectivity index (χ3v) is 4.00. The predicted octanol–water partition coefficient (Wildman–Crippen LogP) is 2.76. The molecule has 0 bridgehead atoms. The summed E-state index contributed by atoms with van der Waals surface area (Å²) in [5.74, 6) is -0.790. The first-order chi connectivity index (χ1) is 11.6. The van der Waals surface area contributed by atoms with Gasteiger partial charge in [-0.25, -0.2) is 9.78 Å². The van der Waals surface area contributed by atoms with E-state index in [1.54, 1.807) is 13.0 Å². The Hall–Kier alpha value is -2.47. The molecule has 1 aromatic heterocycles. The van der Waals surface area contributed by atoms with Gasteiger partial charge in [0.05, 0.1) is 17.3 Å². The Morgan fingerprint density at radius 1 is 1.33 bits per heavy atom. The zero-order valence-electron chi connectivity index (χ0n) is 13.7. The fourth-order valence-corrected chi connectivity index (χ4v) is 2.70. The number of thiazole rings is 1. The first-order valence-corrected chi connectivity index (χ1v) is 8.57. The van der Waals surface area contributed by atoms with Gasteiger partial charge in [0.25, 0.3) is 0 Å². The minimum atomic E-state index is -0.721. The summed E-state index contributed by atoms with van der Waals surface area (Å²) in [6, 6.07) is 8.79. The van der Waals surface area contributed by atoms with Gasteiger partial charge in [-0.15, -0.1) is 11.3 Å². The molecule has 0 aliphatic heterocycles. The maximum Gasteiger partial charge on any atom is 0.328 e. The zero-order chi connectivity index (χ0) is 17.4. The Labute approximate surface area is 145 Å². The molecular formula is C18H20N2O3S. The number of aromatic nitrogens is 1. The normalized spacial score (nSPS) is 12.1. The molecule has 1 atom stereocenters. The first kappa shape index (κ1) is 17.9. The summed E-state index contributed by atoms with van der Waals surface area (Å²) in [5.41, 5.74) is 1.68. The van der Waals surface area contributed by atoms with Gasteiger partial charge in [0.15, 0.2) is 0 Å². The number of rotatable bonds is 7. The van der Waals surface area contributed by atoms with Crippen LogP contribution < -0.4 is 5.32 Å². The number of carbonyl (C=O) groups is 2. The second kappa shape index (κ2) is 8.98. The van der Waals surface area contributed by atoms with Crippen LogP contribution in [0.5, 0.6) is 0 Å². The summed E-state index contributed by atoms with van der Waals surface area (Å²) in [4.78, 5) is 28.4. The van der Waals surface area contributed by atoms with E-state index in [0.29, 0.717) is 6.42 Å². The molecule has 0 saturated carbocycles. The fraction of sp³-hybridized carbons (Fsp3) is 0.278. The highest BCUT2D eigenvalue weighted by atomic mass is 32.1. The van der Waals surface area contributed by atoms with Crippen molar-refractivity contribution in [1.29, 1.82) is 0 Å². The van der Waals surface area contributed by atoms with E-state index < -0.39 is 12.0 Å². The fourth-order valence-electron chi connectivity index (χ4n) is 2.12. The van der Waals surface area contributed by atoms with Crippen molar-refractivity contribution in [2.45, 2.75) is 26.3 Å². The summed E-state index contributed by atoms with van der Waals surface area (Å²) in [6.45, 7) is 3.91. The van der Waals surface area contributed by atoms with E-state index >= 15 is 0 Å². The molecule has 2 aromatic rings. The molecule has 0 aliphatic carbocycles. The van der Waals surface area contributed by atoms with Crippen molar-refractivity contribution >= 4 is 29.3 Å². The van der Waals surface area contributed by atoms with Crippen molar-refractivity contribution in [3.05, 3.63) is 58.1 Å². The van der Waals surface area contributed by atoms with Gasteiger partial charge in [-0.2, -0.15) is 0 Å². The number of carbonyl (C=O) groups excluding carboxylic acids is 2. The zero-order valence-corrected chi connectivity index (χ0v) is 14.5. The first-order valence-electron chi connectivity index (χ1n) is 7.69. The van der Waals surface area contributed by atoms with E-state index in [0.717, 1.165) is 16.3 Å². The summed E-state index contributed by atoms with van der Waals surface area (Å²) >= 11 is 1.52. The number of hydrogen-bond donors (Lipinski definition) is 1. The van der Waals surface area contributed by atoms with Crippen molar-refractivity contribution in [2.75, 3.05) is 6.61 Å². The molecule has 0 fully saturated rings. The molecule has 0 saturated heterocycles. The number of amides is 1. The minimum Gasteiger partial charge on any atom is -0.464 e. The van der Waals surface area contributed by atoms with Crippen LogP contribution in [0.2, 0.25) is 0 Å². The number of nitrogens with one attached hydrogen (secondary N) is 1. The number of hydrogen-bond acceptors (Lipinski definition) is 5. The van der Waals surface area contributed by atoms with E-state index in [9.17, 15) is 9.59 Å². The number of esters is 1. The van der Waals surface area contributed by atoms with Gasteiger partial charge >= 0.3 is 5.97 Å². The maximum atomic E-state index is 12.1. The molecule has 1 N–H and O–H groups in total. The third-order valence-electron chi connectivity index (χ3n) is 3.21. The van der Waals surface area contributed by atoms with Gasteiger partial charge in [0, 0.05) is 17.9 Å².